The maximum atomic E-state index is 10.3. The number of ether oxygens (including phenoxy) is 1. The van der Waals surface area contributed by atoms with Gasteiger partial charge in [-0.05, 0) is 38.5 Å². The molecule has 126 valence electrons. The van der Waals surface area contributed by atoms with Crippen molar-refractivity contribution in [3.05, 3.63) is 60.8 Å². The SMILES string of the molecule is CC/C=C\C/C=C\C\C=C/C=C/C=C/[C@@H]1O[C@H]1CCCC(=O)[O-]. The molecule has 0 aromatic rings. The second-order valence-electron chi connectivity index (χ2n) is 5.42. The molecule has 1 rings (SSSR count). The van der Waals surface area contributed by atoms with E-state index in [1.54, 1.807) is 0 Å². The molecule has 1 saturated heterocycles. The number of carbonyl (C=O) groups excluding carboxylic acids is 1. The van der Waals surface area contributed by atoms with Gasteiger partial charge in [-0.15, -0.1) is 0 Å². The highest BCUT2D eigenvalue weighted by Crippen LogP contribution is 2.28. The molecule has 1 aliphatic heterocycles. The van der Waals surface area contributed by atoms with Crippen LogP contribution in [0.2, 0.25) is 0 Å². The summed E-state index contributed by atoms with van der Waals surface area (Å²) in [5.41, 5.74) is 0. The van der Waals surface area contributed by atoms with E-state index in [1.165, 1.54) is 0 Å². The molecule has 0 bridgehead atoms. The van der Waals surface area contributed by atoms with Crippen LogP contribution < -0.4 is 5.11 Å². The molecule has 0 spiro atoms. The van der Waals surface area contributed by atoms with Crippen molar-refractivity contribution in [3.63, 3.8) is 0 Å². The number of allylic oxidation sites excluding steroid dienone is 9. The minimum absolute atomic E-state index is 0.115. The van der Waals surface area contributed by atoms with Crippen LogP contribution in [0.25, 0.3) is 0 Å². The smallest absolute Gasteiger partial charge is 0.103 e. The van der Waals surface area contributed by atoms with E-state index in [-0.39, 0.29) is 18.6 Å². The summed E-state index contributed by atoms with van der Waals surface area (Å²) >= 11 is 0. The van der Waals surface area contributed by atoms with Crippen molar-refractivity contribution >= 4 is 5.97 Å². The van der Waals surface area contributed by atoms with Gasteiger partial charge in [0.2, 0.25) is 0 Å². The van der Waals surface area contributed by atoms with Crippen molar-refractivity contribution in [1.82, 2.24) is 0 Å². The largest absolute Gasteiger partial charge is 0.550 e. The number of carboxylic acid groups (broad SMARTS) is 1. The van der Waals surface area contributed by atoms with E-state index in [4.69, 9.17) is 4.74 Å². The Morgan fingerprint density at radius 1 is 1.00 bits per heavy atom. The summed E-state index contributed by atoms with van der Waals surface area (Å²) in [6, 6.07) is 0. The first kappa shape index (κ1) is 19.2. The molecule has 3 nitrogen and oxygen atoms in total. The summed E-state index contributed by atoms with van der Waals surface area (Å²) in [7, 11) is 0. The van der Waals surface area contributed by atoms with Gasteiger partial charge in [-0.1, -0.05) is 67.7 Å². The van der Waals surface area contributed by atoms with Gasteiger partial charge in [0.05, 0.1) is 6.10 Å². The zero-order valence-corrected chi connectivity index (χ0v) is 13.9. The van der Waals surface area contributed by atoms with Crippen LogP contribution in [0.15, 0.2) is 60.8 Å². The van der Waals surface area contributed by atoms with Gasteiger partial charge in [-0.3, -0.25) is 0 Å². The Labute approximate surface area is 139 Å². The summed E-state index contributed by atoms with van der Waals surface area (Å²) < 4.78 is 5.43. The second-order valence-corrected chi connectivity index (χ2v) is 5.42. The number of epoxide rings is 1. The molecule has 3 heteroatoms. The van der Waals surface area contributed by atoms with Crippen molar-refractivity contribution < 1.29 is 14.6 Å². The number of carboxylic acids is 1. The summed E-state index contributed by atoms with van der Waals surface area (Å²) in [4.78, 5) is 10.3. The number of rotatable bonds is 12. The van der Waals surface area contributed by atoms with Crippen LogP contribution in [-0.4, -0.2) is 18.2 Å². The zero-order chi connectivity index (χ0) is 16.8. The van der Waals surface area contributed by atoms with Gasteiger partial charge in [0.15, 0.2) is 0 Å². The lowest BCUT2D eigenvalue weighted by atomic mass is 10.1. The molecule has 1 fully saturated rings. The maximum Gasteiger partial charge on any atom is 0.103 e. The fraction of sp³-hybridized carbons (Fsp3) is 0.450. The summed E-state index contributed by atoms with van der Waals surface area (Å²) in [5, 5.41) is 10.3. The quantitative estimate of drug-likeness (QED) is 0.314. The third-order valence-corrected chi connectivity index (χ3v) is 3.37. The average Bonchev–Trinajstić information content (AvgIpc) is 3.26. The Morgan fingerprint density at radius 3 is 2.43 bits per heavy atom. The molecule has 0 radical (unpaired) electrons. The minimum Gasteiger partial charge on any atom is -0.550 e. The van der Waals surface area contributed by atoms with E-state index in [1.807, 2.05) is 30.4 Å². The van der Waals surface area contributed by atoms with Gasteiger partial charge >= 0.3 is 0 Å². The van der Waals surface area contributed by atoms with Crippen molar-refractivity contribution in [3.8, 4) is 0 Å². The number of hydrogen-bond donors (Lipinski definition) is 0. The van der Waals surface area contributed by atoms with E-state index in [0.717, 1.165) is 25.7 Å². The van der Waals surface area contributed by atoms with Gasteiger partial charge in [0.1, 0.15) is 6.10 Å². The minimum atomic E-state index is -0.986. The Morgan fingerprint density at radius 2 is 1.70 bits per heavy atom. The Hall–Kier alpha value is -1.87. The van der Waals surface area contributed by atoms with Crippen molar-refractivity contribution in [2.24, 2.45) is 0 Å². The monoisotopic (exact) mass is 315 g/mol. The van der Waals surface area contributed by atoms with E-state index in [0.29, 0.717) is 6.42 Å². The van der Waals surface area contributed by atoms with Gasteiger partial charge < -0.3 is 14.6 Å². The molecule has 23 heavy (non-hydrogen) atoms. The van der Waals surface area contributed by atoms with Crippen LogP contribution >= 0.6 is 0 Å². The highest BCUT2D eigenvalue weighted by Gasteiger charge is 2.35. The van der Waals surface area contributed by atoms with Gasteiger partial charge in [0, 0.05) is 5.97 Å². The molecule has 0 amide bonds. The van der Waals surface area contributed by atoms with Gasteiger partial charge in [-0.2, -0.15) is 0 Å². The first-order valence-corrected chi connectivity index (χ1v) is 8.39. The van der Waals surface area contributed by atoms with E-state index >= 15 is 0 Å². The van der Waals surface area contributed by atoms with Crippen LogP contribution in [0.3, 0.4) is 0 Å². The topological polar surface area (TPSA) is 52.7 Å². The normalized spacial score (nSPS) is 21.6. The molecule has 0 aliphatic carbocycles. The van der Waals surface area contributed by atoms with E-state index < -0.39 is 5.97 Å². The number of aliphatic carboxylic acids is 1. The molecule has 0 unspecified atom stereocenters. The third kappa shape index (κ3) is 11.4. The number of hydrogen-bond acceptors (Lipinski definition) is 3. The van der Waals surface area contributed by atoms with E-state index in [9.17, 15) is 9.90 Å². The zero-order valence-electron chi connectivity index (χ0n) is 13.9. The van der Waals surface area contributed by atoms with Crippen LogP contribution in [0, 0.1) is 0 Å². The fourth-order valence-electron chi connectivity index (χ4n) is 2.08. The predicted octanol–water partition coefficient (Wildman–Crippen LogP) is 3.65. The molecule has 1 heterocycles. The van der Waals surface area contributed by atoms with Crippen LogP contribution in [-0.2, 0) is 9.53 Å². The van der Waals surface area contributed by atoms with Gasteiger partial charge in [0.25, 0.3) is 0 Å². The summed E-state index contributed by atoms with van der Waals surface area (Å²) in [6.07, 6.45) is 25.7. The first-order valence-electron chi connectivity index (χ1n) is 8.39. The summed E-state index contributed by atoms with van der Waals surface area (Å²) in [5.74, 6) is -0.986. The van der Waals surface area contributed by atoms with Crippen molar-refractivity contribution in [1.29, 1.82) is 0 Å². The maximum absolute atomic E-state index is 10.3. The Bertz CT molecular complexity index is 469. The van der Waals surface area contributed by atoms with Crippen molar-refractivity contribution in [2.45, 2.75) is 57.7 Å². The molecule has 2 atom stereocenters. The van der Waals surface area contributed by atoms with Crippen molar-refractivity contribution in [2.75, 3.05) is 0 Å². The number of carbonyl (C=O) groups is 1. The average molecular weight is 315 g/mol. The lowest BCUT2D eigenvalue weighted by Gasteiger charge is -1.98. The van der Waals surface area contributed by atoms with Crippen LogP contribution in [0.5, 0.6) is 0 Å². The highest BCUT2D eigenvalue weighted by molar-refractivity contribution is 5.64. The van der Waals surface area contributed by atoms with Crippen LogP contribution in [0.4, 0.5) is 0 Å². The second kappa shape index (κ2) is 12.7. The fourth-order valence-corrected chi connectivity index (χ4v) is 2.08. The predicted molar refractivity (Wildman–Crippen MR) is 92.7 cm³/mol. The van der Waals surface area contributed by atoms with Crippen LogP contribution in [0.1, 0.15) is 45.4 Å². The molecule has 0 N–H and O–H groups in total. The molecule has 0 aromatic carbocycles. The molecule has 0 saturated carbocycles. The lowest BCUT2D eigenvalue weighted by molar-refractivity contribution is -0.305. The Kier molecular flexibility index (Phi) is 10.5. The summed E-state index contributed by atoms with van der Waals surface area (Å²) in [6.45, 7) is 2.14. The molecular formula is C20H27O3-. The standard InChI is InChI=1S/C20H28O3/c1-2-3-4-5-6-7-8-9-10-11-12-13-15-18-19(23-18)16-14-17-20(21)22/h3-4,6-7,9-13,15,18-19H,2,5,8,14,16-17H2,1H3,(H,21,22)/p-1/b4-3-,7-6-,10-9-,12-11+,15-13+/t18-,19-/m0/s1. The molecule has 0 aromatic heterocycles. The molecule has 1 aliphatic rings. The Balaban J connectivity index is 2.02. The molecular weight excluding hydrogens is 288 g/mol. The van der Waals surface area contributed by atoms with Gasteiger partial charge in [-0.25, -0.2) is 0 Å². The first-order chi connectivity index (χ1) is 11.2. The van der Waals surface area contributed by atoms with E-state index in [2.05, 4.69) is 37.3 Å². The lowest BCUT2D eigenvalue weighted by Crippen LogP contribution is -2.21. The third-order valence-electron chi connectivity index (χ3n) is 3.37. The highest BCUT2D eigenvalue weighted by atomic mass is 16.6.